The lowest BCUT2D eigenvalue weighted by Gasteiger charge is -2.37. The van der Waals surface area contributed by atoms with Gasteiger partial charge in [-0.2, -0.15) is 5.26 Å². The molecule has 7 heteroatoms. The second-order valence-electron chi connectivity index (χ2n) is 5.52. The van der Waals surface area contributed by atoms with Crippen LogP contribution >= 0.6 is 11.8 Å². The maximum absolute atomic E-state index is 12.6. The molecule has 2 heterocycles. The first-order chi connectivity index (χ1) is 12.1. The number of carbonyl (C=O) groups excluding carboxylic acids is 2. The van der Waals surface area contributed by atoms with Gasteiger partial charge in [0.15, 0.2) is 0 Å². The number of hydrogen-bond donors (Lipinski definition) is 1. The molecule has 3 rings (SSSR count). The molecule has 128 valence electrons. The summed E-state index contributed by atoms with van der Waals surface area (Å²) in [5.41, 5.74) is 7.48. The lowest BCUT2D eigenvalue weighted by atomic mass is 9.83. The van der Waals surface area contributed by atoms with Crippen LogP contribution < -0.4 is 5.73 Å². The van der Waals surface area contributed by atoms with E-state index in [1.54, 1.807) is 6.92 Å². The van der Waals surface area contributed by atoms with Crippen molar-refractivity contribution >= 4 is 23.6 Å². The first-order valence-corrected chi connectivity index (χ1v) is 8.90. The molecule has 0 saturated carbocycles. The van der Waals surface area contributed by atoms with Crippen molar-refractivity contribution in [3.05, 3.63) is 57.9 Å². The van der Waals surface area contributed by atoms with Crippen molar-refractivity contribution in [1.29, 1.82) is 5.26 Å². The fourth-order valence-electron chi connectivity index (χ4n) is 3.03. The van der Waals surface area contributed by atoms with E-state index in [9.17, 15) is 14.9 Å². The summed E-state index contributed by atoms with van der Waals surface area (Å²) in [6.45, 7) is 1.88. The van der Waals surface area contributed by atoms with E-state index in [0.29, 0.717) is 22.8 Å². The van der Waals surface area contributed by atoms with E-state index in [1.807, 2.05) is 30.3 Å². The predicted octanol–water partition coefficient (Wildman–Crippen LogP) is 2.22. The van der Waals surface area contributed by atoms with Crippen molar-refractivity contribution < 1.29 is 14.3 Å². The van der Waals surface area contributed by atoms with Crippen LogP contribution in [0.3, 0.4) is 0 Å². The van der Waals surface area contributed by atoms with Crippen LogP contribution in [-0.4, -0.2) is 29.1 Å². The molecule has 1 aromatic carbocycles. The van der Waals surface area contributed by atoms with Crippen LogP contribution in [0, 0.1) is 11.3 Å². The Bertz CT molecular complexity index is 824. The number of nitrogens with zero attached hydrogens (tertiary/aromatic N) is 2. The van der Waals surface area contributed by atoms with Gasteiger partial charge < -0.3 is 10.5 Å². The second kappa shape index (κ2) is 7.03. The molecule has 1 aromatic rings. The van der Waals surface area contributed by atoms with E-state index in [2.05, 4.69) is 6.07 Å². The van der Waals surface area contributed by atoms with Crippen molar-refractivity contribution in [3.8, 4) is 6.07 Å². The third-order valence-corrected chi connectivity index (χ3v) is 5.16. The number of allylic oxidation sites excluding steroid dienone is 1. The maximum Gasteiger partial charge on any atom is 0.338 e. The van der Waals surface area contributed by atoms with E-state index >= 15 is 0 Å². The van der Waals surface area contributed by atoms with Gasteiger partial charge in [-0.1, -0.05) is 30.3 Å². The quantitative estimate of drug-likeness (QED) is 0.835. The third kappa shape index (κ3) is 2.89. The van der Waals surface area contributed by atoms with Crippen LogP contribution in [0.5, 0.6) is 0 Å². The highest BCUT2D eigenvalue weighted by molar-refractivity contribution is 8.03. The van der Waals surface area contributed by atoms with Gasteiger partial charge in [0.05, 0.1) is 34.8 Å². The van der Waals surface area contributed by atoms with Gasteiger partial charge in [-0.3, -0.25) is 9.69 Å². The molecule has 2 aliphatic heterocycles. The fourth-order valence-corrected chi connectivity index (χ4v) is 4.14. The highest BCUT2D eigenvalue weighted by Crippen LogP contribution is 2.46. The zero-order valence-electron chi connectivity index (χ0n) is 13.7. The van der Waals surface area contributed by atoms with Crippen LogP contribution in [0.15, 0.2) is 52.3 Å². The van der Waals surface area contributed by atoms with E-state index in [0.717, 1.165) is 5.56 Å². The number of hydrogen-bond acceptors (Lipinski definition) is 6. The van der Waals surface area contributed by atoms with Crippen LogP contribution in [0.4, 0.5) is 0 Å². The summed E-state index contributed by atoms with van der Waals surface area (Å²) in [5, 5.41) is 10.3. The number of esters is 1. The summed E-state index contributed by atoms with van der Waals surface area (Å²) in [7, 11) is 0. The monoisotopic (exact) mass is 355 g/mol. The molecule has 0 radical (unpaired) electrons. The SMILES string of the molecule is CCOC(=O)C1=C(N)N2C(=O)CCSC2=C(C#N)C1c1ccccc1. The Morgan fingerprint density at radius 1 is 1.44 bits per heavy atom. The molecule has 1 fully saturated rings. The Labute approximate surface area is 149 Å². The number of fused-ring (bicyclic) bond motifs is 1. The first-order valence-electron chi connectivity index (χ1n) is 7.91. The predicted molar refractivity (Wildman–Crippen MR) is 93.6 cm³/mol. The number of amides is 1. The first kappa shape index (κ1) is 17.1. The Hall–Kier alpha value is -2.72. The van der Waals surface area contributed by atoms with Crippen molar-refractivity contribution in [2.24, 2.45) is 5.73 Å². The van der Waals surface area contributed by atoms with Crippen molar-refractivity contribution in [3.63, 3.8) is 0 Å². The number of carbonyl (C=O) groups is 2. The summed E-state index contributed by atoms with van der Waals surface area (Å²) in [6, 6.07) is 11.4. The average Bonchev–Trinajstić information content (AvgIpc) is 2.62. The molecule has 0 aliphatic carbocycles. The van der Waals surface area contributed by atoms with Gasteiger partial charge in [-0.15, -0.1) is 11.8 Å². The Morgan fingerprint density at radius 3 is 2.80 bits per heavy atom. The number of thioether (sulfide) groups is 1. The van der Waals surface area contributed by atoms with E-state index in [-0.39, 0.29) is 23.9 Å². The molecule has 0 aromatic heterocycles. The summed E-state index contributed by atoms with van der Waals surface area (Å²) in [4.78, 5) is 26.3. The normalized spacial score (nSPS) is 20.2. The zero-order chi connectivity index (χ0) is 18.0. The highest BCUT2D eigenvalue weighted by atomic mass is 32.2. The second-order valence-corrected chi connectivity index (χ2v) is 6.60. The van der Waals surface area contributed by atoms with Gasteiger partial charge in [0.1, 0.15) is 5.82 Å². The molecule has 0 spiro atoms. The molecule has 0 bridgehead atoms. The standard InChI is InChI=1S/C18H17N3O3S/c1-2-24-18(23)15-14(11-6-4-3-5-7-11)12(10-19)17-21(16(15)20)13(22)8-9-25-17/h3-7,14H,2,8-9,20H2,1H3. The molecular formula is C18H17N3O3S. The van der Waals surface area contributed by atoms with Crippen LogP contribution in [0.2, 0.25) is 0 Å². The highest BCUT2D eigenvalue weighted by Gasteiger charge is 2.42. The van der Waals surface area contributed by atoms with E-state index < -0.39 is 11.9 Å². The average molecular weight is 355 g/mol. The minimum atomic E-state index is -0.644. The minimum Gasteiger partial charge on any atom is -0.463 e. The van der Waals surface area contributed by atoms with Crippen molar-refractivity contribution in [2.45, 2.75) is 19.3 Å². The van der Waals surface area contributed by atoms with Crippen molar-refractivity contribution in [2.75, 3.05) is 12.4 Å². The number of benzene rings is 1. The largest absolute Gasteiger partial charge is 0.463 e. The molecule has 1 unspecified atom stereocenters. The maximum atomic E-state index is 12.6. The van der Waals surface area contributed by atoms with Gasteiger partial charge in [0, 0.05) is 12.2 Å². The van der Waals surface area contributed by atoms with E-state index in [4.69, 9.17) is 10.5 Å². The zero-order valence-corrected chi connectivity index (χ0v) is 14.5. The molecule has 6 nitrogen and oxygen atoms in total. The summed E-state index contributed by atoms with van der Waals surface area (Å²) in [5.74, 6) is -0.830. The van der Waals surface area contributed by atoms with Crippen LogP contribution in [-0.2, 0) is 14.3 Å². The molecule has 2 aliphatic rings. The van der Waals surface area contributed by atoms with Crippen molar-refractivity contribution in [1.82, 2.24) is 4.90 Å². The van der Waals surface area contributed by atoms with Gasteiger partial charge >= 0.3 is 5.97 Å². The van der Waals surface area contributed by atoms with E-state index in [1.165, 1.54) is 16.7 Å². The topological polar surface area (TPSA) is 96.4 Å². The lowest BCUT2D eigenvalue weighted by Crippen LogP contribution is -2.42. The van der Waals surface area contributed by atoms with Gasteiger partial charge in [0.25, 0.3) is 0 Å². The van der Waals surface area contributed by atoms with Crippen LogP contribution in [0.1, 0.15) is 24.8 Å². The van der Waals surface area contributed by atoms with Crippen LogP contribution in [0.25, 0.3) is 0 Å². The lowest BCUT2D eigenvalue weighted by molar-refractivity contribution is -0.139. The molecule has 2 N–H and O–H groups in total. The number of rotatable bonds is 3. The molecule has 25 heavy (non-hydrogen) atoms. The fraction of sp³-hybridized carbons (Fsp3) is 0.278. The number of nitrogens with two attached hydrogens (primary N) is 1. The molecule has 1 atom stereocenters. The minimum absolute atomic E-state index is 0.0542. The third-order valence-electron chi connectivity index (χ3n) is 4.08. The Kier molecular flexibility index (Phi) is 4.81. The smallest absolute Gasteiger partial charge is 0.338 e. The van der Waals surface area contributed by atoms with Gasteiger partial charge in [-0.25, -0.2) is 4.79 Å². The van der Waals surface area contributed by atoms with Gasteiger partial charge in [0.2, 0.25) is 5.91 Å². The summed E-state index contributed by atoms with van der Waals surface area (Å²) in [6.07, 6.45) is 0.305. The summed E-state index contributed by atoms with van der Waals surface area (Å²) < 4.78 is 5.16. The summed E-state index contributed by atoms with van der Waals surface area (Å²) >= 11 is 1.41. The number of nitriles is 1. The molecule has 1 saturated heterocycles. The molecular weight excluding hydrogens is 338 g/mol. The molecule has 1 amide bonds. The number of ether oxygens (including phenoxy) is 1. The van der Waals surface area contributed by atoms with Gasteiger partial charge in [-0.05, 0) is 12.5 Å². The Balaban J connectivity index is 2.24. The Morgan fingerprint density at radius 2 is 2.16 bits per heavy atom.